The van der Waals surface area contributed by atoms with Crippen molar-refractivity contribution in [2.75, 3.05) is 7.11 Å². The van der Waals surface area contributed by atoms with Crippen molar-refractivity contribution in [1.82, 2.24) is 19.9 Å². The first kappa shape index (κ1) is 12.8. The average Bonchev–Trinajstić information content (AvgIpc) is 2.96. The predicted octanol–water partition coefficient (Wildman–Crippen LogP) is 3.49. The summed E-state index contributed by atoms with van der Waals surface area (Å²) < 4.78 is 5.34. The van der Waals surface area contributed by atoms with Gasteiger partial charge in [0.25, 0.3) is 0 Å². The fourth-order valence-corrected chi connectivity index (χ4v) is 2.71. The Morgan fingerprint density at radius 3 is 2.82 bits per heavy atom. The number of pyridine rings is 1. The van der Waals surface area contributed by atoms with Gasteiger partial charge in [-0.3, -0.25) is 0 Å². The van der Waals surface area contributed by atoms with Crippen molar-refractivity contribution in [3.63, 3.8) is 0 Å². The minimum absolute atomic E-state index is 0.584. The molecule has 1 N–H and O–H groups in total. The highest BCUT2D eigenvalue weighted by molar-refractivity contribution is 5.97. The summed E-state index contributed by atoms with van der Waals surface area (Å²) in [6.45, 7) is 2.04. The van der Waals surface area contributed by atoms with Crippen molar-refractivity contribution in [2.24, 2.45) is 0 Å². The number of hydrogen-bond acceptors (Lipinski definition) is 4. The summed E-state index contributed by atoms with van der Waals surface area (Å²) >= 11 is 0. The van der Waals surface area contributed by atoms with Crippen LogP contribution in [0.5, 0.6) is 5.88 Å². The lowest BCUT2D eigenvalue weighted by Gasteiger charge is -2.06. The molecule has 3 aromatic heterocycles. The molecule has 0 saturated heterocycles. The number of aryl methyl sites for hydroxylation is 1. The summed E-state index contributed by atoms with van der Waals surface area (Å²) in [6.07, 6.45) is 5.36. The normalized spacial score (nSPS) is 11.2. The quantitative estimate of drug-likeness (QED) is 0.614. The third kappa shape index (κ3) is 1.90. The van der Waals surface area contributed by atoms with Gasteiger partial charge in [0.1, 0.15) is 12.0 Å². The van der Waals surface area contributed by atoms with Gasteiger partial charge in [-0.25, -0.2) is 15.0 Å². The van der Waals surface area contributed by atoms with Gasteiger partial charge in [0.15, 0.2) is 0 Å². The van der Waals surface area contributed by atoms with Gasteiger partial charge in [-0.15, -0.1) is 0 Å². The zero-order valence-electron chi connectivity index (χ0n) is 12.3. The Kier molecular flexibility index (Phi) is 2.79. The molecule has 0 aliphatic rings. The van der Waals surface area contributed by atoms with Crippen LogP contribution in [0.1, 0.15) is 5.56 Å². The van der Waals surface area contributed by atoms with Gasteiger partial charge >= 0.3 is 0 Å². The predicted molar refractivity (Wildman–Crippen MR) is 85.9 cm³/mol. The molecule has 0 aliphatic heterocycles. The number of H-pyrrole nitrogens is 1. The van der Waals surface area contributed by atoms with E-state index in [2.05, 4.69) is 38.1 Å². The summed E-state index contributed by atoms with van der Waals surface area (Å²) in [4.78, 5) is 16.1. The number of aromatic nitrogens is 4. The molecule has 0 unspecified atom stereocenters. The van der Waals surface area contributed by atoms with E-state index in [0.29, 0.717) is 5.88 Å². The Labute approximate surface area is 127 Å². The molecule has 4 aromatic rings. The molecule has 0 bridgehead atoms. The maximum Gasteiger partial charge on any atom is 0.224 e. The first-order valence-corrected chi connectivity index (χ1v) is 6.99. The zero-order valence-corrected chi connectivity index (χ0v) is 12.3. The Morgan fingerprint density at radius 2 is 1.95 bits per heavy atom. The topological polar surface area (TPSA) is 63.7 Å². The smallest absolute Gasteiger partial charge is 0.224 e. The van der Waals surface area contributed by atoms with E-state index in [1.807, 2.05) is 25.4 Å². The van der Waals surface area contributed by atoms with E-state index in [9.17, 15) is 0 Å². The van der Waals surface area contributed by atoms with Crippen LogP contribution in [0.3, 0.4) is 0 Å². The largest absolute Gasteiger partial charge is 0.480 e. The van der Waals surface area contributed by atoms with E-state index >= 15 is 0 Å². The standard InChI is InChI=1S/C17H14N4O/c1-10-5-12-14(8-19-16(12)18-7-10)11-3-4-15-13(6-11)17(22-2)21-9-20-15/h3-9H,1-2H3,(H,18,19). The van der Waals surface area contributed by atoms with Crippen molar-refractivity contribution >= 4 is 21.9 Å². The summed E-state index contributed by atoms with van der Waals surface area (Å²) in [5, 5.41) is 2.01. The Hall–Kier alpha value is -2.95. The highest BCUT2D eigenvalue weighted by Crippen LogP contribution is 2.32. The highest BCUT2D eigenvalue weighted by Gasteiger charge is 2.10. The van der Waals surface area contributed by atoms with Crippen LogP contribution in [0.2, 0.25) is 0 Å². The molecule has 108 valence electrons. The van der Waals surface area contributed by atoms with Crippen molar-refractivity contribution in [3.05, 3.63) is 48.5 Å². The van der Waals surface area contributed by atoms with Gasteiger partial charge in [-0.1, -0.05) is 6.07 Å². The monoisotopic (exact) mass is 290 g/mol. The van der Waals surface area contributed by atoms with Crippen LogP contribution < -0.4 is 4.74 Å². The molecular weight excluding hydrogens is 276 g/mol. The van der Waals surface area contributed by atoms with Gasteiger partial charge in [0.05, 0.1) is 18.0 Å². The molecule has 0 amide bonds. The molecular formula is C17H14N4O. The van der Waals surface area contributed by atoms with Crippen LogP contribution in [0, 0.1) is 6.92 Å². The number of hydrogen-bond donors (Lipinski definition) is 1. The van der Waals surface area contributed by atoms with E-state index in [1.54, 1.807) is 7.11 Å². The van der Waals surface area contributed by atoms with Crippen molar-refractivity contribution in [2.45, 2.75) is 6.92 Å². The maximum atomic E-state index is 5.34. The minimum Gasteiger partial charge on any atom is -0.480 e. The lowest BCUT2D eigenvalue weighted by molar-refractivity contribution is 0.402. The molecule has 0 radical (unpaired) electrons. The van der Waals surface area contributed by atoms with Crippen LogP contribution >= 0.6 is 0 Å². The lowest BCUT2D eigenvalue weighted by Crippen LogP contribution is -1.91. The molecule has 22 heavy (non-hydrogen) atoms. The number of ether oxygens (including phenoxy) is 1. The fourth-order valence-electron chi connectivity index (χ4n) is 2.71. The molecule has 5 nitrogen and oxygen atoms in total. The SMILES string of the molecule is COc1ncnc2ccc(-c3c[nH]c4ncc(C)cc34)cc12. The summed E-state index contributed by atoms with van der Waals surface area (Å²) in [5.41, 5.74) is 5.08. The third-order valence-corrected chi connectivity index (χ3v) is 3.77. The Balaban J connectivity index is 1.98. The number of fused-ring (bicyclic) bond motifs is 2. The van der Waals surface area contributed by atoms with E-state index in [1.165, 1.54) is 6.33 Å². The van der Waals surface area contributed by atoms with Gasteiger partial charge in [0, 0.05) is 23.3 Å². The minimum atomic E-state index is 0.584. The number of methoxy groups -OCH3 is 1. The lowest BCUT2D eigenvalue weighted by atomic mass is 10.0. The summed E-state index contributed by atoms with van der Waals surface area (Å²) in [7, 11) is 1.62. The van der Waals surface area contributed by atoms with Crippen molar-refractivity contribution < 1.29 is 4.74 Å². The van der Waals surface area contributed by atoms with Gasteiger partial charge in [-0.05, 0) is 36.2 Å². The second-order valence-corrected chi connectivity index (χ2v) is 5.23. The Bertz CT molecular complexity index is 990. The first-order valence-electron chi connectivity index (χ1n) is 6.99. The van der Waals surface area contributed by atoms with E-state index < -0.39 is 0 Å². The zero-order chi connectivity index (χ0) is 15.1. The number of nitrogens with zero attached hydrogens (tertiary/aromatic N) is 3. The summed E-state index contributed by atoms with van der Waals surface area (Å²) in [6, 6.07) is 8.23. The average molecular weight is 290 g/mol. The molecule has 4 rings (SSSR count). The summed E-state index contributed by atoms with van der Waals surface area (Å²) in [5.74, 6) is 0.584. The van der Waals surface area contributed by atoms with Gasteiger partial charge in [0.2, 0.25) is 5.88 Å². The molecule has 0 spiro atoms. The fraction of sp³-hybridized carbons (Fsp3) is 0.118. The number of rotatable bonds is 2. The molecule has 3 heterocycles. The van der Waals surface area contributed by atoms with Crippen molar-refractivity contribution in [1.29, 1.82) is 0 Å². The second-order valence-electron chi connectivity index (χ2n) is 5.23. The molecule has 0 aliphatic carbocycles. The first-order chi connectivity index (χ1) is 10.8. The number of benzene rings is 1. The number of aromatic amines is 1. The van der Waals surface area contributed by atoms with Crippen LogP contribution in [-0.4, -0.2) is 27.0 Å². The molecule has 0 fully saturated rings. The van der Waals surface area contributed by atoms with Crippen LogP contribution in [0.15, 0.2) is 43.0 Å². The van der Waals surface area contributed by atoms with Crippen LogP contribution in [0.4, 0.5) is 0 Å². The second kappa shape index (κ2) is 4.80. The van der Waals surface area contributed by atoms with Gasteiger partial charge in [-0.2, -0.15) is 0 Å². The van der Waals surface area contributed by atoms with Gasteiger partial charge < -0.3 is 9.72 Å². The third-order valence-electron chi connectivity index (χ3n) is 3.77. The highest BCUT2D eigenvalue weighted by atomic mass is 16.5. The van der Waals surface area contributed by atoms with Crippen LogP contribution in [-0.2, 0) is 0 Å². The van der Waals surface area contributed by atoms with Crippen molar-refractivity contribution in [3.8, 4) is 17.0 Å². The number of nitrogens with one attached hydrogen (secondary N) is 1. The molecule has 0 atom stereocenters. The van der Waals surface area contributed by atoms with E-state index in [0.717, 1.165) is 38.6 Å². The maximum absolute atomic E-state index is 5.34. The Morgan fingerprint density at radius 1 is 1.05 bits per heavy atom. The van der Waals surface area contributed by atoms with E-state index in [-0.39, 0.29) is 0 Å². The molecule has 5 heteroatoms. The van der Waals surface area contributed by atoms with E-state index in [4.69, 9.17) is 4.74 Å². The van der Waals surface area contributed by atoms with Crippen LogP contribution in [0.25, 0.3) is 33.1 Å². The molecule has 0 saturated carbocycles. The molecule has 1 aromatic carbocycles.